The smallest absolute Gasteiger partial charge is 0.434 e. The lowest BCUT2D eigenvalue weighted by Crippen LogP contribution is -2.06. The summed E-state index contributed by atoms with van der Waals surface area (Å²) in [6.45, 7) is 1.95. The molecule has 0 bridgehead atoms. The number of halogens is 4. The molecule has 0 spiro atoms. The first kappa shape index (κ1) is 26.6. The van der Waals surface area contributed by atoms with Crippen LogP contribution >= 0.6 is 0 Å². The number of imidazole rings is 1. The summed E-state index contributed by atoms with van der Waals surface area (Å²) in [6.07, 6.45) is 1.29. The van der Waals surface area contributed by atoms with Gasteiger partial charge in [-0.15, -0.1) is 5.10 Å². The fourth-order valence-corrected chi connectivity index (χ4v) is 4.75. The van der Waals surface area contributed by atoms with Crippen molar-refractivity contribution in [3.63, 3.8) is 0 Å². The number of rotatable bonds is 8. The van der Waals surface area contributed by atoms with Crippen LogP contribution in [0.3, 0.4) is 0 Å². The Balaban J connectivity index is 1.39. The number of fused-ring (bicyclic) bond motifs is 1. The Kier molecular flexibility index (Phi) is 6.54. The quantitative estimate of drug-likeness (QED) is 0.233. The summed E-state index contributed by atoms with van der Waals surface area (Å²) in [5.41, 5.74) is 1.23. The van der Waals surface area contributed by atoms with Crippen molar-refractivity contribution in [1.29, 1.82) is 0 Å². The van der Waals surface area contributed by atoms with E-state index in [4.69, 9.17) is 14.5 Å². The van der Waals surface area contributed by atoms with Crippen molar-refractivity contribution < 1.29 is 27.0 Å². The third-order valence-electron chi connectivity index (χ3n) is 6.89. The molecule has 1 saturated carbocycles. The number of aromatic nitrogens is 8. The SMILES string of the molecule is CCn1cc(C(F)(F)F)nc1-c1ccc(Cn2nc(OC)c3cnc(-c4c(OC)ncnc4C4CC4)nc32)cc1F. The fourth-order valence-electron chi connectivity index (χ4n) is 4.75. The average molecular weight is 569 g/mol. The first-order valence-corrected chi connectivity index (χ1v) is 12.8. The lowest BCUT2D eigenvalue weighted by atomic mass is 10.1. The Hall–Kier alpha value is -4.62. The Bertz CT molecular complexity index is 1760. The highest BCUT2D eigenvalue weighted by Gasteiger charge is 2.35. The van der Waals surface area contributed by atoms with Gasteiger partial charge >= 0.3 is 6.18 Å². The largest absolute Gasteiger partial charge is 0.480 e. The molecule has 1 aliphatic carbocycles. The molecule has 41 heavy (non-hydrogen) atoms. The summed E-state index contributed by atoms with van der Waals surface area (Å²) < 4.78 is 68.7. The summed E-state index contributed by atoms with van der Waals surface area (Å²) in [7, 11) is 2.99. The molecule has 10 nitrogen and oxygen atoms in total. The lowest BCUT2D eigenvalue weighted by Gasteiger charge is -2.11. The second-order valence-electron chi connectivity index (χ2n) is 9.56. The van der Waals surface area contributed by atoms with Gasteiger partial charge in [0.15, 0.2) is 17.2 Å². The number of hydrogen-bond acceptors (Lipinski definition) is 8. The van der Waals surface area contributed by atoms with Crippen LogP contribution in [0.25, 0.3) is 33.8 Å². The van der Waals surface area contributed by atoms with Crippen molar-refractivity contribution in [2.24, 2.45) is 0 Å². The molecule has 6 rings (SSSR count). The van der Waals surface area contributed by atoms with Crippen molar-refractivity contribution >= 4 is 11.0 Å². The first-order valence-electron chi connectivity index (χ1n) is 12.8. The highest BCUT2D eigenvalue weighted by Crippen LogP contribution is 2.45. The molecule has 4 aromatic heterocycles. The van der Waals surface area contributed by atoms with Crippen molar-refractivity contribution in [2.45, 2.75) is 44.9 Å². The Labute approximate surface area is 231 Å². The van der Waals surface area contributed by atoms with E-state index in [1.165, 1.54) is 37.2 Å². The highest BCUT2D eigenvalue weighted by molar-refractivity contribution is 5.83. The van der Waals surface area contributed by atoms with Gasteiger partial charge in [-0.2, -0.15) is 13.2 Å². The van der Waals surface area contributed by atoms with Gasteiger partial charge in [0.05, 0.1) is 32.0 Å². The summed E-state index contributed by atoms with van der Waals surface area (Å²) >= 11 is 0. The van der Waals surface area contributed by atoms with Crippen molar-refractivity contribution in [3.05, 3.63) is 59.7 Å². The van der Waals surface area contributed by atoms with Gasteiger partial charge in [0.2, 0.25) is 11.8 Å². The topological polar surface area (TPSA) is 106 Å². The van der Waals surface area contributed by atoms with Gasteiger partial charge in [0.1, 0.15) is 28.9 Å². The lowest BCUT2D eigenvalue weighted by molar-refractivity contribution is -0.140. The molecule has 0 aliphatic heterocycles. The molecule has 4 heterocycles. The van der Waals surface area contributed by atoms with Gasteiger partial charge < -0.3 is 14.0 Å². The molecule has 14 heteroatoms. The summed E-state index contributed by atoms with van der Waals surface area (Å²) in [5, 5.41) is 5.03. The van der Waals surface area contributed by atoms with Crippen LogP contribution in [0.15, 0.2) is 36.9 Å². The van der Waals surface area contributed by atoms with Crippen LogP contribution in [-0.4, -0.2) is 53.5 Å². The van der Waals surface area contributed by atoms with E-state index < -0.39 is 17.7 Å². The van der Waals surface area contributed by atoms with Gasteiger partial charge in [-0.3, -0.25) is 0 Å². The molecule has 5 aromatic rings. The summed E-state index contributed by atoms with van der Waals surface area (Å²) in [5.74, 6) is 0.461. The van der Waals surface area contributed by atoms with Crippen molar-refractivity contribution in [1.82, 2.24) is 39.3 Å². The summed E-state index contributed by atoms with van der Waals surface area (Å²) in [4.78, 5) is 21.6. The van der Waals surface area contributed by atoms with E-state index in [9.17, 15) is 13.2 Å². The van der Waals surface area contributed by atoms with E-state index in [0.717, 1.165) is 24.7 Å². The number of hydrogen-bond donors (Lipinski definition) is 0. The second-order valence-corrected chi connectivity index (χ2v) is 9.56. The molecule has 0 atom stereocenters. The standard InChI is InChI=1S/C27H24F4N8O2/c1-4-38-12-19(27(29,30)31)35-23(38)16-8-5-14(9-18(16)28)11-39-24-17(25(37-39)40-2)10-32-22(36-24)20-21(15-6-7-15)33-13-34-26(20)41-3/h5,8-10,12-13,15H,4,6-7,11H2,1-3H3. The van der Waals surface area contributed by atoms with Crippen LogP contribution in [0.5, 0.6) is 11.8 Å². The normalized spacial score (nSPS) is 13.6. The number of benzene rings is 1. The zero-order valence-electron chi connectivity index (χ0n) is 22.3. The number of methoxy groups -OCH3 is 2. The molecule has 1 aliphatic rings. The molecule has 0 saturated heterocycles. The van der Waals surface area contributed by atoms with Crippen molar-refractivity contribution in [2.75, 3.05) is 14.2 Å². The van der Waals surface area contributed by atoms with E-state index in [-0.39, 0.29) is 36.3 Å². The van der Waals surface area contributed by atoms with Gasteiger partial charge in [0, 0.05) is 24.9 Å². The van der Waals surface area contributed by atoms with E-state index in [2.05, 4.69) is 25.0 Å². The third-order valence-corrected chi connectivity index (χ3v) is 6.89. The van der Waals surface area contributed by atoms with Gasteiger partial charge in [0.25, 0.3) is 0 Å². The number of nitrogens with zero attached hydrogens (tertiary/aromatic N) is 8. The van der Waals surface area contributed by atoms with Crippen LogP contribution in [0.1, 0.15) is 42.6 Å². The third kappa shape index (κ3) is 4.83. The molecule has 0 unspecified atom stereocenters. The van der Waals surface area contributed by atoms with Crippen LogP contribution < -0.4 is 9.47 Å². The molecule has 1 aromatic carbocycles. The average Bonchev–Trinajstić information content (AvgIpc) is 3.62. The fraction of sp³-hybridized carbons (Fsp3) is 0.333. The Morgan fingerprint density at radius 3 is 2.46 bits per heavy atom. The predicted octanol–water partition coefficient (Wildman–Crippen LogP) is 5.27. The Morgan fingerprint density at radius 2 is 1.80 bits per heavy atom. The second kappa shape index (κ2) is 10.1. The maximum Gasteiger partial charge on any atom is 0.434 e. The summed E-state index contributed by atoms with van der Waals surface area (Å²) in [6, 6.07) is 4.27. The maximum atomic E-state index is 15.3. The Morgan fingerprint density at radius 1 is 1.02 bits per heavy atom. The van der Waals surface area contributed by atoms with Crippen LogP contribution in [-0.2, 0) is 19.3 Å². The molecule has 0 N–H and O–H groups in total. The zero-order chi connectivity index (χ0) is 28.9. The zero-order valence-corrected chi connectivity index (χ0v) is 22.3. The van der Waals surface area contributed by atoms with Gasteiger partial charge in [-0.1, -0.05) is 6.07 Å². The molecule has 0 amide bonds. The molecule has 212 valence electrons. The van der Waals surface area contributed by atoms with Crippen molar-refractivity contribution in [3.8, 4) is 34.5 Å². The minimum absolute atomic E-state index is 0.0395. The molecular formula is C27H24F4N8O2. The first-order chi connectivity index (χ1) is 19.7. The highest BCUT2D eigenvalue weighted by atomic mass is 19.4. The van der Waals surface area contributed by atoms with Gasteiger partial charge in [-0.25, -0.2) is 34.0 Å². The number of alkyl halides is 3. The molecular weight excluding hydrogens is 544 g/mol. The van der Waals surface area contributed by atoms with E-state index in [1.54, 1.807) is 23.9 Å². The van der Waals surface area contributed by atoms with Crippen LogP contribution in [0.4, 0.5) is 17.6 Å². The number of aryl methyl sites for hydroxylation is 1. The monoisotopic (exact) mass is 568 g/mol. The van der Waals surface area contributed by atoms with Crippen LogP contribution in [0.2, 0.25) is 0 Å². The molecule has 0 radical (unpaired) electrons. The minimum atomic E-state index is -4.64. The number of ether oxygens (including phenoxy) is 2. The minimum Gasteiger partial charge on any atom is -0.480 e. The molecule has 1 fully saturated rings. The van der Waals surface area contributed by atoms with Crippen LogP contribution in [0, 0.1) is 5.82 Å². The predicted molar refractivity (Wildman–Crippen MR) is 139 cm³/mol. The van der Waals surface area contributed by atoms with Gasteiger partial charge in [-0.05, 0) is 37.5 Å². The van der Waals surface area contributed by atoms with E-state index >= 15 is 4.39 Å². The maximum absolute atomic E-state index is 15.3. The van der Waals surface area contributed by atoms with E-state index in [0.29, 0.717) is 33.9 Å². The van der Waals surface area contributed by atoms with E-state index in [1.807, 2.05) is 0 Å².